The van der Waals surface area contributed by atoms with Gasteiger partial charge in [-0.25, -0.2) is 0 Å². The van der Waals surface area contributed by atoms with Crippen LogP contribution in [0, 0.1) is 0 Å². The highest BCUT2D eigenvalue weighted by Gasteiger charge is 2.17. The summed E-state index contributed by atoms with van der Waals surface area (Å²) in [6, 6.07) is 0. The smallest absolute Gasteiger partial charge is 0.240 e. The van der Waals surface area contributed by atoms with Crippen LogP contribution in [0.2, 0.25) is 0 Å². The first-order valence-electron chi connectivity index (χ1n) is 5.37. The molecule has 0 saturated carbocycles. The number of hydrogen-bond acceptors (Lipinski definition) is 5. The standard InChI is InChI=1S/C10H17N3OS/c1-8(15-2)10-11-9(14-12-10)7-13-5-3-4-6-13/h8H,3-7H2,1-2H3. The van der Waals surface area contributed by atoms with Crippen molar-refractivity contribution in [2.45, 2.75) is 31.6 Å². The van der Waals surface area contributed by atoms with Crippen molar-refractivity contribution in [3.05, 3.63) is 11.7 Å². The summed E-state index contributed by atoms with van der Waals surface area (Å²) in [5.41, 5.74) is 0. The van der Waals surface area contributed by atoms with Crippen LogP contribution in [0.1, 0.15) is 36.7 Å². The number of hydrogen-bond donors (Lipinski definition) is 0. The Balaban J connectivity index is 1.94. The first kappa shape index (κ1) is 11.0. The van der Waals surface area contributed by atoms with Crippen LogP contribution < -0.4 is 0 Å². The quantitative estimate of drug-likeness (QED) is 0.788. The van der Waals surface area contributed by atoms with Gasteiger partial charge in [-0.3, -0.25) is 4.90 Å². The molecule has 1 aromatic rings. The van der Waals surface area contributed by atoms with Crippen molar-refractivity contribution < 1.29 is 4.52 Å². The van der Waals surface area contributed by atoms with Crippen molar-refractivity contribution in [1.82, 2.24) is 15.0 Å². The molecule has 0 N–H and O–H groups in total. The molecule has 0 aromatic carbocycles. The Morgan fingerprint density at radius 1 is 1.47 bits per heavy atom. The Labute approximate surface area is 94.4 Å². The molecule has 15 heavy (non-hydrogen) atoms. The van der Waals surface area contributed by atoms with Crippen molar-refractivity contribution >= 4 is 11.8 Å². The lowest BCUT2D eigenvalue weighted by Crippen LogP contribution is -2.18. The minimum Gasteiger partial charge on any atom is -0.338 e. The fraction of sp³-hybridized carbons (Fsp3) is 0.800. The van der Waals surface area contributed by atoms with Gasteiger partial charge in [0.05, 0.1) is 11.8 Å². The second kappa shape index (κ2) is 4.99. The van der Waals surface area contributed by atoms with Gasteiger partial charge in [0.1, 0.15) is 0 Å². The second-order valence-corrected chi connectivity index (χ2v) is 5.09. The molecule has 1 saturated heterocycles. The van der Waals surface area contributed by atoms with Gasteiger partial charge in [-0.05, 0) is 39.1 Å². The number of nitrogens with zero attached hydrogens (tertiary/aromatic N) is 3. The van der Waals surface area contributed by atoms with E-state index >= 15 is 0 Å². The highest BCUT2D eigenvalue weighted by Crippen LogP contribution is 2.23. The van der Waals surface area contributed by atoms with E-state index < -0.39 is 0 Å². The van der Waals surface area contributed by atoms with Gasteiger partial charge < -0.3 is 4.52 Å². The largest absolute Gasteiger partial charge is 0.338 e. The lowest BCUT2D eigenvalue weighted by atomic mass is 10.4. The van der Waals surface area contributed by atoms with Crippen molar-refractivity contribution in [2.75, 3.05) is 19.3 Å². The van der Waals surface area contributed by atoms with Crippen LogP contribution in [0.25, 0.3) is 0 Å². The molecule has 1 atom stereocenters. The van der Waals surface area contributed by atoms with Gasteiger partial charge in [0.25, 0.3) is 0 Å². The minimum atomic E-state index is 0.320. The fourth-order valence-electron chi connectivity index (χ4n) is 1.73. The van der Waals surface area contributed by atoms with E-state index in [0.29, 0.717) is 5.25 Å². The van der Waals surface area contributed by atoms with Crippen LogP contribution in [-0.2, 0) is 6.54 Å². The molecule has 4 nitrogen and oxygen atoms in total. The SMILES string of the molecule is CSC(C)c1noc(CN2CCCC2)n1. The molecular weight excluding hydrogens is 210 g/mol. The van der Waals surface area contributed by atoms with Crippen LogP contribution in [0.4, 0.5) is 0 Å². The maximum atomic E-state index is 5.23. The molecule has 0 bridgehead atoms. The molecule has 5 heteroatoms. The first-order chi connectivity index (χ1) is 7.29. The maximum Gasteiger partial charge on any atom is 0.240 e. The summed E-state index contributed by atoms with van der Waals surface area (Å²) in [5, 5.41) is 4.32. The van der Waals surface area contributed by atoms with Crippen molar-refractivity contribution in [3.63, 3.8) is 0 Å². The molecule has 1 fully saturated rings. The normalized spacial score (nSPS) is 19.6. The Hall–Kier alpha value is -0.550. The van der Waals surface area contributed by atoms with Crippen LogP contribution >= 0.6 is 11.8 Å². The van der Waals surface area contributed by atoms with Crippen molar-refractivity contribution in [2.24, 2.45) is 0 Å². The van der Waals surface area contributed by atoms with Gasteiger partial charge in [-0.15, -0.1) is 0 Å². The lowest BCUT2D eigenvalue weighted by molar-refractivity contribution is 0.267. The molecule has 2 rings (SSSR count). The number of thioether (sulfide) groups is 1. The van der Waals surface area contributed by atoms with Gasteiger partial charge >= 0.3 is 0 Å². The van der Waals surface area contributed by atoms with E-state index in [4.69, 9.17) is 4.52 Å². The van der Waals surface area contributed by atoms with E-state index in [9.17, 15) is 0 Å². The maximum absolute atomic E-state index is 5.23. The number of likely N-dealkylation sites (tertiary alicyclic amines) is 1. The predicted molar refractivity (Wildman–Crippen MR) is 60.7 cm³/mol. The average molecular weight is 227 g/mol. The van der Waals surface area contributed by atoms with Crippen molar-refractivity contribution in [1.29, 1.82) is 0 Å². The zero-order valence-electron chi connectivity index (χ0n) is 9.27. The molecular formula is C10H17N3OS. The summed E-state index contributed by atoms with van der Waals surface area (Å²) in [6.07, 6.45) is 4.64. The highest BCUT2D eigenvalue weighted by molar-refractivity contribution is 7.98. The molecule has 0 radical (unpaired) electrons. The number of aromatic nitrogens is 2. The summed E-state index contributed by atoms with van der Waals surface area (Å²) in [6.45, 7) is 5.23. The average Bonchev–Trinajstić information content (AvgIpc) is 2.88. The third-order valence-corrected chi connectivity index (χ3v) is 3.68. The van der Waals surface area contributed by atoms with E-state index in [1.165, 1.54) is 12.8 Å². The van der Waals surface area contributed by atoms with E-state index in [1.54, 1.807) is 11.8 Å². The summed E-state index contributed by atoms with van der Waals surface area (Å²) >= 11 is 1.74. The minimum absolute atomic E-state index is 0.320. The molecule has 84 valence electrons. The van der Waals surface area contributed by atoms with Crippen LogP contribution in [0.3, 0.4) is 0 Å². The third-order valence-electron chi connectivity index (χ3n) is 2.76. The highest BCUT2D eigenvalue weighted by atomic mass is 32.2. The molecule has 1 unspecified atom stereocenters. The zero-order chi connectivity index (χ0) is 10.7. The molecule has 1 aliphatic rings. The predicted octanol–water partition coefficient (Wildman–Crippen LogP) is 2.09. The summed E-state index contributed by atoms with van der Waals surface area (Å²) in [4.78, 5) is 6.77. The molecule has 1 aromatic heterocycles. The molecule has 0 amide bonds. The van der Waals surface area contributed by atoms with E-state index in [1.807, 2.05) is 0 Å². The van der Waals surface area contributed by atoms with E-state index in [-0.39, 0.29) is 0 Å². The number of rotatable bonds is 4. The Kier molecular flexibility index (Phi) is 3.64. The second-order valence-electron chi connectivity index (χ2n) is 3.91. The Morgan fingerprint density at radius 2 is 2.20 bits per heavy atom. The van der Waals surface area contributed by atoms with Gasteiger partial charge in [-0.2, -0.15) is 16.7 Å². The van der Waals surface area contributed by atoms with Crippen molar-refractivity contribution in [3.8, 4) is 0 Å². The van der Waals surface area contributed by atoms with E-state index in [0.717, 1.165) is 31.3 Å². The molecule has 1 aliphatic heterocycles. The monoisotopic (exact) mass is 227 g/mol. The zero-order valence-corrected chi connectivity index (χ0v) is 10.1. The molecule has 2 heterocycles. The van der Waals surface area contributed by atoms with Gasteiger partial charge in [0.2, 0.25) is 5.89 Å². The van der Waals surface area contributed by atoms with Gasteiger partial charge in [0, 0.05) is 0 Å². The van der Waals surface area contributed by atoms with E-state index in [2.05, 4.69) is 28.2 Å². The van der Waals surface area contributed by atoms with Crippen LogP contribution in [-0.4, -0.2) is 34.4 Å². The topological polar surface area (TPSA) is 42.2 Å². The summed E-state index contributed by atoms with van der Waals surface area (Å²) in [5.74, 6) is 1.57. The molecule has 0 spiro atoms. The fourth-order valence-corrected chi connectivity index (χ4v) is 2.04. The first-order valence-corrected chi connectivity index (χ1v) is 6.66. The van der Waals surface area contributed by atoms with Crippen LogP contribution in [0.5, 0.6) is 0 Å². The Bertz CT molecular complexity index is 309. The van der Waals surface area contributed by atoms with Gasteiger partial charge in [-0.1, -0.05) is 5.16 Å². The van der Waals surface area contributed by atoms with Crippen LogP contribution in [0.15, 0.2) is 4.52 Å². The summed E-state index contributed by atoms with van der Waals surface area (Å²) in [7, 11) is 0. The molecule has 0 aliphatic carbocycles. The van der Waals surface area contributed by atoms with Gasteiger partial charge in [0.15, 0.2) is 5.82 Å². The summed E-state index contributed by atoms with van der Waals surface area (Å²) < 4.78 is 5.23. The Morgan fingerprint density at radius 3 is 2.87 bits per heavy atom. The third kappa shape index (κ3) is 2.72. The lowest BCUT2D eigenvalue weighted by Gasteiger charge is -2.09.